The second-order valence-electron chi connectivity index (χ2n) is 6.57. The van der Waals surface area contributed by atoms with E-state index in [0.29, 0.717) is 12.5 Å². The van der Waals surface area contributed by atoms with Gasteiger partial charge in [0.1, 0.15) is 5.82 Å². The van der Waals surface area contributed by atoms with Crippen LogP contribution in [0.4, 0.5) is 14.9 Å². The molecular weight excluding hydrogens is 317 g/mol. The molecule has 2 amide bonds. The van der Waals surface area contributed by atoms with Crippen LogP contribution in [0.2, 0.25) is 0 Å². The Bertz CT molecular complexity index is 675. The lowest BCUT2D eigenvalue weighted by Gasteiger charge is -2.30. The van der Waals surface area contributed by atoms with Crippen molar-refractivity contribution in [2.75, 3.05) is 18.4 Å². The summed E-state index contributed by atoms with van der Waals surface area (Å²) in [6.45, 7) is 1.54. The van der Waals surface area contributed by atoms with Gasteiger partial charge in [0.05, 0.1) is 0 Å². The Labute approximate surface area is 147 Å². The Morgan fingerprint density at radius 1 is 1.12 bits per heavy atom. The van der Waals surface area contributed by atoms with Crippen molar-refractivity contribution < 1.29 is 9.18 Å². The molecule has 1 aliphatic heterocycles. The van der Waals surface area contributed by atoms with Crippen LogP contribution in [-0.2, 0) is 6.42 Å². The number of carbonyl (C=O) groups is 1. The average molecular weight is 341 g/mol. The van der Waals surface area contributed by atoms with E-state index in [0.717, 1.165) is 31.5 Å². The molecule has 2 aromatic carbocycles. The van der Waals surface area contributed by atoms with Gasteiger partial charge >= 0.3 is 6.03 Å². The first-order valence-electron chi connectivity index (χ1n) is 8.77. The van der Waals surface area contributed by atoms with E-state index in [1.807, 2.05) is 42.5 Å². The van der Waals surface area contributed by atoms with E-state index in [4.69, 9.17) is 0 Å². The van der Waals surface area contributed by atoms with Crippen molar-refractivity contribution in [2.24, 2.45) is 5.92 Å². The van der Waals surface area contributed by atoms with Gasteiger partial charge in [0.15, 0.2) is 0 Å². The molecule has 0 spiro atoms. The maximum atomic E-state index is 13.0. The number of para-hydroxylation sites is 1. The lowest BCUT2D eigenvalue weighted by Crippen LogP contribution is -2.47. The number of hydrogen-bond acceptors (Lipinski definition) is 2. The average Bonchev–Trinajstić information content (AvgIpc) is 2.63. The van der Waals surface area contributed by atoms with Gasteiger partial charge in [-0.15, -0.1) is 0 Å². The molecule has 0 radical (unpaired) electrons. The number of urea groups is 1. The Morgan fingerprint density at radius 2 is 1.88 bits per heavy atom. The molecule has 0 aromatic heterocycles. The zero-order valence-electron chi connectivity index (χ0n) is 14.2. The maximum absolute atomic E-state index is 13.0. The Kier molecular flexibility index (Phi) is 6.01. The first kappa shape index (κ1) is 17.4. The molecule has 1 heterocycles. The van der Waals surface area contributed by atoms with Gasteiger partial charge < -0.3 is 16.0 Å². The van der Waals surface area contributed by atoms with E-state index < -0.39 is 0 Å². The van der Waals surface area contributed by atoms with Crippen molar-refractivity contribution in [3.63, 3.8) is 0 Å². The van der Waals surface area contributed by atoms with Gasteiger partial charge in [-0.05, 0) is 61.6 Å². The fourth-order valence-corrected chi connectivity index (χ4v) is 3.30. The van der Waals surface area contributed by atoms with Crippen molar-refractivity contribution in [2.45, 2.75) is 25.3 Å². The molecular formula is C20H24FN3O. The number of benzene rings is 2. The number of rotatable bonds is 5. The molecule has 0 bridgehead atoms. The smallest absolute Gasteiger partial charge is 0.319 e. The van der Waals surface area contributed by atoms with E-state index in [1.165, 1.54) is 17.7 Å². The molecule has 2 aromatic rings. The molecule has 2 atom stereocenters. The van der Waals surface area contributed by atoms with Crippen molar-refractivity contribution in [1.82, 2.24) is 10.6 Å². The summed E-state index contributed by atoms with van der Waals surface area (Å²) in [7, 11) is 0. The number of piperidine rings is 1. The predicted molar refractivity (Wildman–Crippen MR) is 98.1 cm³/mol. The number of carbonyl (C=O) groups excluding carboxylic acids is 1. The van der Waals surface area contributed by atoms with Crippen molar-refractivity contribution in [1.29, 1.82) is 0 Å². The van der Waals surface area contributed by atoms with Crippen LogP contribution in [-0.4, -0.2) is 25.2 Å². The highest BCUT2D eigenvalue weighted by Gasteiger charge is 2.22. The van der Waals surface area contributed by atoms with Gasteiger partial charge in [-0.25, -0.2) is 9.18 Å². The van der Waals surface area contributed by atoms with Crippen molar-refractivity contribution >= 4 is 11.7 Å². The van der Waals surface area contributed by atoms with Gasteiger partial charge in [0.25, 0.3) is 0 Å². The molecule has 3 rings (SSSR count). The summed E-state index contributed by atoms with van der Waals surface area (Å²) in [6.07, 6.45) is 3.06. The zero-order valence-corrected chi connectivity index (χ0v) is 14.2. The lowest BCUT2D eigenvalue weighted by atomic mass is 9.87. The SMILES string of the molecule is O=C(NC[C@H]1C[C@@H](Cc2ccc(F)cc2)CCN1)Nc1ccccc1. The van der Waals surface area contributed by atoms with E-state index >= 15 is 0 Å². The van der Waals surface area contributed by atoms with Crippen LogP contribution in [0.5, 0.6) is 0 Å². The third-order valence-corrected chi connectivity index (χ3v) is 4.58. The second-order valence-corrected chi connectivity index (χ2v) is 6.57. The molecule has 1 saturated heterocycles. The lowest BCUT2D eigenvalue weighted by molar-refractivity contribution is 0.246. The highest BCUT2D eigenvalue weighted by atomic mass is 19.1. The molecule has 1 aliphatic rings. The van der Waals surface area contributed by atoms with Gasteiger partial charge in [0, 0.05) is 18.3 Å². The van der Waals surface area contributed by atoms with E-state index in [9.17, 15) is 9.18 Å². The summed E-state index contributed by atoms with van der Waals surface area (Å²) in [5.74, 6) is 0.358. The van der Waals surface area contributed by atoms with Gasteiger partial charge in [-0.1, -0.05) is 30.3 Å². The summed E-state index contributed by atoms with van der Waals surface area (Å²) in [6, 6.07) is 16.2. The zero-order chi connectivity index (χ0) is 17.5. The first-order valence-corrected chi connectivity index (χ1v) is 8.77. The van der Waals surface area contributed by atoms with Gasteiger partial charge in [0.2, 0.25) is 0 Å². The Balaban J connectivity index is 1.43. The number of amides is 2. The number of halogens is 1. The Morgan fingerprint density at radius 3 is 2.64 bits per heavy atom. The summed E-state index contributed by atoms with van der Waals surface area (Å²) in [5.41, 5.74) is 1.95. The molecule has 1 fully saturated rings. The normalized spacial score (nSPS) is 20.0. The van der Waals surface area contributed by atoms with E-state index in [2.05, 4.69) is 16.0 Å². The van der Waals surface area contributed by atoms with Crippen LogP contribution < -0.4 is 16.0 Å². The molecule has 4 nitrogen and oxygen atoms in total. The summed E-state index contributed by atoms with van der Waals surface area (Å²) in [5, 5.41) is 9.22. The van der Waals surface area contributed by atoms with Crippen LogP contribution in [0, 0.1) is 11.7 Å². The van der Waals surface area contributed by atoms with E-state index in [1.54, 1.807) is 0 Å². The second kappa shape index (κ2) is 8.62. The maximum Gasteiger partial charge on any atom is 0.319 e. The quantitative estimate of drug-likeness (QED) is 0.779. The van der Waals surface area contributed by atoms with E-state index in [-0.39, 0.29) is 17.9 Å². The van der Waals surface area contributed by atoms with Crippen LogP contribution in [0.25, 0.3) is 0 Å². The summed E-state index contributed by atoms with van der Waals surface area (Å²) in [4.78, 5) is 12.0. The highest BCUT2D eigenvalue weighted by molar-refractivity contribution is 5.89. The van der Waals surface area contributed by atoms with Gasteiger partial charge in [-0.2, -0.15) is 0 Å². The fourth-order valence-electron chi connectivity index (χ4n) is 3.30. The highest BCUT2D eigenvalue weighted by Crippen LogP contribution is 2.21. The standard InChI is InChI=1S/C20H24FN3O/c21-17-8-6-15(7-9-17)12-16-10-11-22-19(13-16)14-23-20(25)24-18-4-2-1-3-5-18/h1-9,16,19,22H,10-14H2,(H2,23,24,25)/t16-,19-/m1/s1. The predicted octanol–water partition coefficient (Wildman–Crippen LogP) is 3.56. The minimum absolute atomic E-state index is 0.186. The number of hydrogen-bond donors (Lipinski definition) is 3. The topological polar surface area (TPSA) is 53.2 Å². The summed E-state index contributed by atoms with van der Waals surface area (Å²) >= 11 is 0. The van der Waals surface area contributed by atoms with Crippen molar-refractivity contribution in [3.05, 3.63) is 66.0 Å². The molecule has 0 saturated carbocycles. The minimum Gasteiger partial charge on any atom is -0.336 e. The third kappa shape index (κ3) is 5.57. The molecule has 25 heavy (non-hydrogen) atoms. The minimum atomic E-state index is -0.194. The Hall–Kier alpha value is -2.40. The first-order chi connectivity index (χ1) is 12.2. The van der Waals surface area contributed by atoms with Crippen LogP contribution in [0.15, 0.2) is 54.6 Å². The fraction of sp³-hybridized carbons (Fsp3) is 0.350. The number of nitrogens with one attached hydrogen (secondary N) is 3. The van der Waals surface area contributed by atoms with Crippen molar-refractivity contribution in [3.8, 4) is 0 Å². The third-order valence-electron chi connectivity index (χ3n) is 4.58. The molecule has 0 aliphatic carbocycles. The monoisotopic (exact) mass is 341 g/mol. The van der Waals surface area contributed by atoms with Crippen LogP contribution in [0.1, 0.15) is 18.4 Å². The number of anilines is 1. The molecule has 132 valence electrons. The largest absolute Gasteiger partial charge is 0.336 e. The van der Waals surface area contributed by atoms with Crippen LogP contribution >= 0.6 is 0 Å². The summed E-state index contributed by atoms with van der Waals surface area (Å²) < 4.78 is 13.0. The molecule has 3 N–H and O–H groups in total. The van der Waals surface area contributed by atoms with Gasteiger partial charge in [-0.3, -0.25) is 0 Å². The van der Waals surface area contributed by atoms with Crippen LogP contribution in [0.3, 0.4) is 0 Å². The molecule has 0 unspecified atom stereocenters. The molecule has 5 heteroatoms.